The van der Waals surface area contributed by atoms with Gasteiger partial charge >= 0.3 is 0 Å². The summed E-state index contributed by atoms with van der Waals surface area (Å²) in [5.74, 6) is 0.784. The Morgan fingerprint density at radius 1 is 1.10 bits per heavy atom. The van der Waals surface area contributed by atoms with Gasteiger partial charge in [0, 0.05) is 11.3 Å². The first-order valence-corrected chi connectivity index (χ1v) is 7.17. The molecule has 2 aromatic carbocycles. The number of rotatable bonds is 5. The van der Waals surface area contributed by atoms with Gasteiger partial charge < -0.3 is 9.73 Å². The number of oxazole rings is 1. The van der Waals surface area contributed by atoms with E-state index in [9.17, 15) is 0 Å². The first kappa shape index (κ1) is 13.4. The average molecular weight is 278 g/mol. The minimum atomic E-state index is 0.302. The van der Waals surface area contributed by atoms with E-state index in [4.69, 9.17) is 4.42 Å². The fraction of sp³-hybridized carbons (Fsp3) is 0.167. The van der Waals surface area contributed by atoms with E-state index >= 15 is 0 Å². The van der Waals surface area contributed by atoms with Crippen LogP contribution in [-0.4, -0.2) is 4.98 Å². The van der Waals surface area contributed by atoms with Crippen molar-refractivity contribution in [2.75, 3.05) is 5.32 Å². The molecule has 1 heterocycles. The van der Waals surface area contributed by atoms with E-state index in [1.165, 1.54) is 12.0 Å². The van der Waals surface area contributed by atoms with Crippen molar-refractivity contribution in [2.24, 2.45) is 0 Å². The number of aromatic nitrogens is 1. The first-order chi connectivity index (χ1) is 10.4. The second-order valence-electron chi connectivity index (χ2n) is 4.96. The third-order valence-electron chi connectivity index (χ3n) is 3.53. The molecule has 1 N–H and O–H groups in total. The molecule has 1 atom stereocenters. The van der Waals surface area contributed by atoms with Crippen molar-refractivity contribution in [3.8, 4) is 11.3 Å². The summed E-state index contributed by atoms with van der Waals surface area (Å²) < 4.78 is 5.35. The Kier molecular flexibility index (Phi) is 4.01. The molecule has 0 aliphatic rings. The Hall–Kier alpha value is -2.55. The SMILES string of the molecule is CCC(Nc1cccc(-c2cnco2)c1)c1ccccc1. The van der Waals surface area contributed by atoms with Crippen molar-refractivity contribution in [2.45, 2.75) is 19.4 Å². The summed E-state index contributed by atoms with van der Waals surface area (Å²) in [4.78, 5) is 3.97. The fourth-order valence-electron chi connectivity index (χ4n) is 2.43. The molecule has 106 valence electrons. The smallest absolute Gasteiger partial charge is 0.181 e. The Morgan fingerprint density at radius 2 is 1.95 bits per heavy atom. The maximum atomic E-state index is 5.35. The molecule has 3 heteroatoms. The molecular weight excluding hydrogens is 260 g/mol. The van der Waals surface area contributed by atoms with Gasteiger partial charge in [0.2, 0.25) is 0 Å². The van der Waals surface area contributed by atoms with E-state index in [1.807, 2.05) is 18.2 Å². The zero-order valence-corrected chi connectivity index (χ0v) is 12.0. The van der Waals surface area contributed by atoms with Crippen molar-refractivity contribution in [1.82, 2.24) is 4.98 Å². The van der Waals surface area contributed by atoms with Gasteiger partial charge in [0.05, 0.1) is 12.2 Å². The van der Waals surface area contributed by atoms with Crippen LogP contribution in [-0.2, 0) is 0 Å². The highest BCUT2D eigenvalue weighted by Crippen LogP contribution is 2.26. The monoisotopic (exact) mass is 278 g/mol. The predicted octanol–water partition coefficient (Wildman–Crippen LogP) is 4.90. The maximum Gasteiger partial charge on any atom is 0.181 e. The summed E-state index contributed by atoms with van der Waals surface area (Å²) >= 11 is 0. The molecule has 0 bridgehead atoms. The van der Waals surface area contributed by atoms with E-state index in [-0.39, 0.29) is 0 Å². The maximum absolute atomic E-state index is 5.35. The largest absolute Gasteiger partial charge is 0.444 e. The molecule has 0 spiro atoms. The van der Waals surface area contributed by atoms with E-state index in [0.29, 0.717) is 6.04 Å². The van der Waals surface area contributed by atoms with Crippen molar-refractivity contribution in [1.29, 1.82) is 0 Å². The first-order valence-electron chi connectivity index (χ1n) is 7.17. The van der Waals surface area contributed by atoms with Crippen LogP contribution in [0.4, 0.5) is 5.69 Å². The molecule has 1 aromatic heterocycles. The molecule has 0 aliphatic carbocycles. The Labute approximate surface area is 124 Å². The number of hydrogen-bond acceptors (Lipinski definition) is 3. The minimum absolute atomic E-state index is 0.302. The molecule has 0 aliphatic heterocycles. The summed E-state index contributed by atoms with van der Waals surface area (Å²) in [6.07, 6.45) is 4.21. The standard InChI is InChI=1S/C18H18N2O/c1-2-17(14-7-4-3-5-8-14)20-16-10-6-9-15(11-16)18-12-19-13-21-18/h3-13,17,20H,2H2,1H3. The van der Waals surface area contributed by atoms with E-state index in [1.54, 1.807) is 6.20 Å². The molecule has 0 saturated heterocycles. The van der Waals surface area contributed by atoms with Crippen molar-refractivity contribution >= 4 is 5.69 Å². The molecule has 3 nitrogen and oxygen atoms in total. The molecule has 0 amide bonds. The quantitative estimate of drug-likeness (QED) is 0.721. The van der Waals surface area contributed by atoms with E-state index < -0.39 is 0 Å². The Bertz CT molecular complexity index is 677. The summed E-state index contributed by atoms with van der Waals surface area (Å²) in [6, 6.07) is 19.0. The highest BCUT2D eigenvalue weighted by Gasteiger charge is 2.09. The third kappa shape index (κ3) is 3.14. The van der Waals surface area contributed by atoms with Crippen LogP contribution in [0.5, 0.6) is 0 Å². The normalized spacial score (nSPS) is 12.0. The second kappa shape index (κ2) is 6.27. The van der Waals surface area contributed by atoms with E-state index in [2.05, 4.69) is 53.6 Å². The average Bonchev–Trinajstić information content (AvgIpc) is 3.08. The van der Waals surface area contributed by atoms with Crippen LogP contribution in [0.2, 0.25) is 0 Å². The number of nitrogens with one attached hydrogen (secondary N) is 1. The van der Waals surface area contributed by atoms with Crippen molar-refractivity contribution < 1.29 is 4.42 Å². The minimum Gasteiger partial charge on any atom is -0.444 e. The lowest BCUT2D eigenvalue weighted by molar-refractivity contribution is 0.572. The van der Waals surface area contributed by atoms with Gasteiger partial charge in [0.15, 0.2) is 12.2 Å². The zero-order chi connectivity index (χ0) is 14.5. The number of benzene rings is 2. The van der Waals surface area contributed by atoms with Crippen molar-refractivity contribution in [3.63, 3.8) is 0 Å². The number of anilines is 1. The van der Waals surface area contributed by atoms with E-state index in [0.717, 1.165) is 23.4 Å². The molecule has 0 fully saturated rings. The van der Waals surface area contributed by atoms with Crippen LogP contribution in [0.3, 0.4) is 0 Å². The van der Waals surface area contributed by atoms with Crippen LogP contribution in [0.15, 0.2) is 71.6 Å². The van der Waals surface area contributed by atoms with Gasteiger partial charge in [-0.05, 0) is 24.1 Å². The summed E-state index contributed by atoms with van der Waals surface area (Å²) in [7, 11) is 0. The zero-order valence-electron chi connectivity index (χ0n) is 12.0. The molecule has 3 rings (SSSR count). The number of hydrogen-bond donors (Lipinski definition) is 1. The topological polar surface area (TPSA) is 38.1 Å². The van der Waals surface area contributed by atoms with Crippen LogP contribution >= 0.6 is 0 Å². The van der Waals surface area contributed by atoms with Crippen LogP contribution in [0, 0.1) is 0 Å². The Balaban J connectivity index is 1.82. The fourth-order valence-corrected chi connectivity index (χ4v) is 2.43. The highest BCUT2D eigenvalue weighted by atomic mass is 16.3. The van der Waals surface area contributed by atoms with Crippen LogP contribution < -0.4 is 5.32 Å². The molecule has 21 heavy (non-hydrogen) atoms. The van der Waals surface area contributed by atoms with Gasteiger partial charge in [-0.2, -0.15) is 0 Å². The van der Waals surface area contributed by atoms with Gasteiger partial charge in [-0.25, -0.2) is 4.98 Å². The molecule has 0 radical (unpaired) electrons. The lowest BCUT2D eigenvalue weighted by Crippen LogP contribution is -2.09. The highest BCUT2D eigenvalue weighted by molar-refractivity contribution is 5.63. The van der Waals surface area contributed by atoms with Gasteiger partial charge in [-0.15, -0.1) is 0 Å². The lowest BCUT2D eigenvalue weighted by atomic mass is 10.0. The van der Waals surface area contributed by atoms with Gasteiger partial charge in [-0.3, -0.25) is 0 Å². The third-order valence-corrected chi connectivity index (χ3v) is 3.53. The van der Waals surface area contributed by atoms with Gasteiger partial charge in [0.1, 0.15) is 0 Å². The second-order valence-corrected chi connectivity index (χ2v) is 4.96. The Morgan fingerprint density at radius 3 is 2.67 bits per heavy atom. The molecular formula is C18H18N2O. The van der Waals surface area contributed by atoms with Crippen LogP contribution in [0.25, 0.3) is 11.3 Å². The summed E-state index contributed by atoms with van der Waals surface area (Å²) in [5, 5.41) is 3.59. The van der Waals surface area contributed by atoms with Crippen molar-refractivity contribution in [3.05, 3.63) is 72.8 Å². The number of nitrogens with zero attached hydrogens (tertiary/aromatic N) is 1. The van der Waals surface area contributed by atoms with Gasteiger partial charge in [-0.1, -0.05) is 49.4 Å². The lowest BCUT2D eigenvalue weighted by Gasteiger charge is -2.19. The van der Waals surface area contributed by atoms with Gasteiger partial charge in [0.25, 0.3) is 0 Å². The van der Waals surface area contributed by atoms with Crippen LogP contribution in [0.1, 0.15) is 24.9 Å². The molecule has 1 unspecified atom stereocenters. The molecule has 3 aromatic rings. The summed E-state index contributed by atoms with van der Waals surface area (Å²) in [5.41, 5.74) is 3.41. The predicted molar refractivity (Wildman–Crippen MR) is 85.0 cm³/mol. The molecule has 0 saturated carbocycles. The summed E-state index contributed by atoms with van der Waals surface area (Å²) in [6.45, 7) is 2.19.